The average Bonchev–Trinajstić information content (AvgIpc) is 2.97. The number of aromatic nitrogens is 1. The molecule has 2 heterocycles. The summed E-state index contributed by atoms with van der Waals surface area (Å²) in [5.74, 6) is 0. The first-order valence-corrected chi connectivity index (χ1v) is 8.83. The van der Waals surface area contributed by atoms with E-state index in [2.05, 4.69) is 15.0 Å². The zero-order valence-corrected chi connectivity index (χ0v) is 13.1. The van der Waals surface area contributed by atoms with E-state index in [0.717, 1.165) is 14.8 Å². The van der Waals surface area contributed by atoms with E-state index < -0.39 is 10.0 Å². The monoisotopic (exact) mass is 317 g/mol. The summed E-state index contributed by atoms with van der Waals surface area (Å²) in [7, 11) is -1.66. The molecule has 2 aromatic heterocycles. The molecule has 0 unspecified atom stereocenters. The van der Waals surface area contributed by atoms with Crippen molar-refractivity contribution >= 4 is 32.7 Å². The van der Waals surface area contributed by atoms with Gasteiger partial charge in [0.25, 0.3) is 0 Å². The van der Waals surface area contributed by atoms with Crippen LogP contribution in [0.25, 0.3) is 0 Å². The summed E-state index contributed by atoms with van der Waals surface area (Å²) in [5, 5.41) is 5.69. The van der Waals surface area contributed by atoms with Crippen LogP contribution in [-0.4, -0.2) is 20.4 Å². The number of sulfonamides is 1. The Morgan fingerprint density at radius 2 is 2.16 bits per heavy atom. The van der Waals surface area contributed by atoms with Crippen LogP contribution in [0.1, 0.15) is 14.8 Å². The molecule has 19 heavy (non-hydrogen) atoms. The highest BCUT2D eigenvalue weighted by Crippen LogP contribution is 2.22. The third kappa shape index (κ3) is 3.61. The molecule has 8 heteroatoms. The number of hydrogen-bond donors (Lipinski definition) is 2. The van der Waals surface area contributed by atoms with Gasteiger partial charge in [-0.2, -0.15) is 0 Å². The predicted molar refractivity (Wildman–Crippen MR) is 78.0 cm³/mol. The van der Waals surface area contributed by atoms with E-state index in [9.17, 15) is 8.42 Å². The van der Waals surface area contributed by atoms with Crippen molar-refractivity contribution in [3.63, 3.8) is 0 Å². The predicted octanol–water partition coefficient (Wildman–Crippen LogP) is 1.71. The minimum Gasteiger partial charge on any atom is -0.315 e. The lowest BCUT2D eigenvalue weighted by atomic mass is 10.5. The van der Waals surface area contributed by atoms with Gasteiger partial charge in [0.1, 0.15) is 0 Å². The molecule has 2 rings (SSSR count). The zero-order chi connectivity index (χ0) is 13.9. The highest BCUT2D eigenvalue weighted by Gasteiger charge is 2.19. The van der Waals surface area contributed by atoms with E-state index in [-0.39, 0.29) is 6.54 Å². The second kappa shape index (κ2) is 6.10. The molecule has 2 N–H and O–H groups in total. The molecular formula is C11H15N3O2S3. The smallest absolute Gasteiger partial charge is 0.242 e. The minimum absolute atomic E-state index is 0.280. The maximum absolute atomic E-state index is 12.2. The first-order valence-electron chi connectivity index (χ1n) is 5.65. The van der Waals surface area contributed by atoms with Crippen molar-refractivity contribution in [2.45, 2.75) is 24.9 Å². The fraction of sp³-hybridized carbons (Fsp3) is 0.364. The van der Waals surface area contributed by atoms with Gasteiger partial charge in [0.15, 0.2) is 0 Å². The normalized spacial score (nSPS) is 11.9. The molecule has 0 saturated carbocycles. The molecule has 0 spiro atoms. The number of rotatable bonds is 6. The summed E-state index contributed by atoms with van der Waals surface area (Å²) in [6.07, 6.45) is 1.70. The quantitative estimate of drug-likeness (QED) is 0.851. The van der Waals surface area contributed by atoms with Crippen molar-refractivity contribution in [3.05, 3.63) is 32.4 Å². The number of aryl methyl sites for hydroxylation is 1. The summed E-state index contributed by atoms with van der Waals surface area (Å²) in [6, 6.07) is 1.64. The van der Waals surface area contributed by atoms with Gasteiger partial charge in [0, 0.05) is 29.0 Å². The summed E-state index contributed by atoms with van der Waals surface area (Å²) < 4.78 is 27.1. The fourth-order valence-electron chi connectivity index (χ4n) is 1.59. The van der Waals surface area contributed by atoms with Crippen molar-refractivity contribution in [2.24, 2.45) is 0 Å². The van der Waals surface area contributed by atoms with Crippen molar-refractivity contribution in [3.8, 4) is 0 Å². The third-order valence-corrected chi connectivity index (χ3v) is 5.89. The van der Waals surface area contributed by atoms with Gasteiger partial charge in [-0.3, -0.25) is 0 Å². The maximum atomic E-state index is 12.2. The van der Waals surface area contributed by atoms with E-state index in [1.54, 1.807) is 24.7 Å². The first kappa shape index (κ1) is 14.6. The number of thiazole rings is 1. The van der Waals surface area contributed by atoms with Gasteiger partial charge >= 0.3 is 0 Å². The summed E-state index contributed by atoms with van der Waals surface area (Å²) in [6.45, 7) is 2.73. The molecule has 0 bridgehead atoms. The van der Waals surface area contributed by atoms with Gasteiger partial charge in [-0.25, -0.2) is 18.1 Å². The Balaban J connectivity index is 2.11. The van der Waals surface area contributed by atoms with Gasteiger partial charge in [-0.1, -0.05) is 0 Å². The number of nitrogens with one attached hydrogen (secondary N) is 2. The van der Waals surface area contributed by atoms with Gasteiger partial charge in [-0.15, -0.1) is 22.7 Å². The van der Waals surface area contributed by atoms with Gasteiger partial charge < -0.3 is 5.32 Å². The molecule has 0 aromatic carbocycles. The van der Waals surface area contributed by atoms with Crippen LogP contribution in [0.2, 0.25) is 0 Å². The molecule has 104 valence electrons. The van der Waals surface area contributed by atoms with Crippen LogP contribution in [0.3, 0.4) is 0 Å². The van der Waals surface area contributed by atoms with Crippen LogP contribution < -0.4 is 10.0 Å². The largest absolute Gasteiger partial charge is 0.315 e. The SMILES string of the molecule is CNCc1sccc1S(=O)(=O)NCc1cnc(C)s1. The van der Waals surface area contributed by atoms with Crippen LogP contribution in [0, 0.1) is 6.92 Å². The lowest BCUT2D eigenvalue weighted by Gasteiger charge is -2.06. The lowest BCUT2D eigenvalue weighted by molar-refractivity contribution is 0.580. The van der Waals surface area contributed by atoms with Gasteiger partial charge in [0.05, 0.1) is 9.90 Å². The van der Waals surface area contributed by atoms with E-state index in [1.165, 1.54) is 22.7 Å². The molecule has 0 atom stereocenters. The average molecular weight is 317 g/mol. The minimum atomic E-state index is -3.46. The molecule has 2 aromatic rings. The topological polar surface area (TPSA) is 71.1 Å². The lowest BCUT2D eigenvalue weighted by Crippen LogP contribution is -2.23. The Labute approximate surface area is 120 Å². The zero-order valence-electron chi connectivity index (χ0n) is 10.6. The first-order chi connectivity index (χ1) is 9.03. The Bertz CT molecular complexity index is 646. The Morgan fingerprint density at radius 1 is 1.37 bits per heavy atom. The number of thiophene rings is 1. The summed E-state index contributed by atoms with van der Waals surface area (Å²) in [5.41, 5.74) is 0. The Morgan fingerprint density at radius 3 is 2.79 bits per heavy atom. The Kier molecular flexibility index (Phi) is 4.69. The number of nitrogens with zero attached hydrogens (tertiary/aromatic N) is 1. The molecule has 0 fully saturated rings. The number of hydrogen-bond acceptors (Lipinski definition) is 6. The van der Waals surface area contributed by atoms with Crippen LogP contribution in [0.15, 0.2) is 22.5 Å². The second-order valence-electron chi connectivity index (χ2n) is 3.91. The molecule has 0 saturated heterocycles. The van der Waals surface area contributed by atoms with Crippen LogP contribution in [0.5, 0.6) is 0 Å². The maximum Gasteiger partial charge on any atom is 0.242 e. The van der Waals surface area contributed by atoms with E-state index in [4.69, 9.17) is 0 Å². The van der Waals surface area contributed by atoms with Crippen LogP contribution >= 0.6 is 22.7 Å². The van der Waals surface area contributed by atoms with Crippen molar-refractivity contribution in [1.29, 1.82) is 0 Å². The van der Waals surface area contributed by atoms with E-state index in [0.29, 0.717) is 11.4 Å². The second-order valence-corrected chi connectivity index (χ2v) is 7.96. The molecule has 0 aliphatic carbocycles. The molecular weight excluding hydrogens is 302 g/mol. The molecule has 0 aliphatic heterocycles. The third-order valence-electron chi connectivity index (χ3n) is 2.44. The van der Waals surface area contributed by atoms with Crippen LogP contribution in [0.4, 0.5) is 0 Å². The molecule has 5 nitrogen and oxygen atoms in total. The van der Waals surface area contributed by atoms with E-state index in [1.807, 2.05) is 6.92 Å². The van der Waals surface area contributed by atoms with Gasteiger partial charge in [0.2, 0.25) is 10.0 Å². The highest BCUT2D eigenvalue weighted by atomic mass is 32.2. The van der Waals surface area contributed by atoms with Crippen molar-refractivity contribution < 1.29 is 8.42 Å². The molecule has 0 aliphatic rings. The van der Waals surface area contributed by atoms with E-state index >= 15 is 0 Å². The van der Waals surface area contributed by atoms with Crippen molar-refractivity contribution in [2.75, 3.05) is 7.05 Å². The van der Waals surface area contributed by atoms with Crippen molar-refractivity contribution in [1.82, 2.24) is 15.0 Å². The standard InChI is InChI=1S/C11H15N3O2S3/c1-8-13-5-9(18-8)6-14-19(15,16)11-3-4-17-10(11)7-12-2/h3-5,12,14H,6-7H2,1-2H3. The highest BCUT2D eigenvalue weighted by molar-refractivity contribution is 7.89. The Hall–Kier alpha value is -0.800. The molecule has 0 amide bonds. The summed E-state index contributed by atoms with van der Waals surface area (Å²) in [4.78, 5) is 6.18. The fourth-order valence-corrected chi connectivity index (χ4v) is 4.87. The van der Waals surface area contributed by atoms with Crippen LogP contribution in [-0.2, 0) is 23.1 Å². The molecule has 0 radical (unpaired) electrons. The summed E-state index contributed by atoms with van der Waals surface area (Å²) >= 11 is 2.93. The van der Waals surface area contributed by atoms with Gasteiger partial charge in [-0.05, 0) is 25.4 Å².